The first kappa shape index (κ1) is 29.0. The van der Waals surface area contributed by atoms with E-state index in [1.165, 1.54) is 27.8 Å². The van der Waals surface area contributed by atoms with Crippen molar-refractivity contribution in [1.82, 2.24) is 14.7 Å². The molecule has 228 valence electrons. The highest BCUT2D eigenvalue weighted by Crippen LogP contribution is 2.67. The van der Waals surface area contributed by atoms with Crippen LogP contribution in [0.3, 0.4) is 0 Å². The monoisotopic (exact) mass is 589 g/mol. The zero-order chi connectivity index (χ0) is 30.8. The van der Waals surface area contributed by atoms with Crippen LogP contribution in [0.5, 0.6) is 11.5 Å². The number of aryl methyl sites for hydroxylation is 2. The molecule has 2 heterocycles. The minimum Gasteiger partial charge on any atom is -0.504 e. The molecule has 2 bridgehead atoms. The van der Waals surface area contributed by atoms with E-state index >= 15 is 0 Å². The Labute approximate surface area is 261 Å². The molecule has 7 rings (SSSR count). The maximum absolute atomic E-state index is 13.6. The summed E-state index contributed by atoms with van der Waals surface area (Å²) in [5, 5.41) is 11.1. The number of carbonyl (C=O) groups is 1. The van der Waals surface area contributed by atoms with Crippen molar-refractivity contribution < 1.29 is 14.6 Å². The number of rotatable bonds is 5. The number of nitrogens with zero attached hydrogens (tertiary/aromatic N) is 3. The summed E-state index contributed by atoms with van der Waals surface area (Å²) in [4.78, 5) is 20.6. The number of amides is 1. The number of ether oxygens (including phenoxy) is 1. The Morgan fingerprint density at radius 1 is 1.05 bits per heavy atom. The van der Waals surface area contributed by atoms with Gasteiger partial charge in [-0.3, -0.25) is 9.69 Å². The molecule has 2 fully saturated rings. The van der Waals surface area contributed by atoms with E-state index in [1.54, 1.807) is 6.07 Å². The van der Waals surface area contributed by atoms with Gasteiger partial charge >= 0.3 is 0 Å². The quantitative estimate of drug-likeness (QED) is 0.431. The summed E-state index contributed by atoms with van der Waals surface area (Å²) >= 11 is 0. The number of phenols is 1. The van der Waals surface area contributed by atoms with Crippen molar-refractivity contribution in [3.63, 3.8) is 0 Å². The van der Waals surface area contributed by atoms with E-state index in [9.17, 15) is 9.90 Å². The molecule has 0 aromatic heterocycles. The van der Waals surface area contributed by atoms with Crippen LogP contribution >= 0.6 is 0 Å². The van der Waals surface area contributed by atoms with E-state index in [0.29, 0.717) is 11.8 Å². The van der Waals surface area contributed by atoms with Gasteiger partial charge in [-0.15, -0.1) is 0 Å². The normalized spacial score (nSPS) is 28.1. The third kappa shape index (κ3) is 4.13. The first-order valence-electron chi connectivity index (χ1n) is 16.0. The second-order valence-corrected chi connectivity index (χ2v) is 13.6. The van der Waals surface area contributed by atoms with Gasteiger partial charge in [0.25, 0.3) is 5.91 Å². The summed E-state index contributed by atoms with van der Waals surface area (Å²) in [6.07, 6.45) is 4.34. The molecule has 1 saturated carbocycles. The van der Waals surface area contributed by atoms with Crippen LogP contribution in [0, 0.1) is 25.7 Å². The topological polar surface area (TPSA) is 56.2 Å². The van der Waals surface area contributed by atoms with Crippen LogP contribution in [0.1, 0.15) is 52.6 Å². The molecule has 0 unspecified atom stereocenters. The summed E-state index contributed by atoms with van der Waals surface area (Å²) in [5.74, 6) is 6.68. The molecular formula is C38H43N3O3. The largest absolute Gasteiger partial charge is 0.504 e. The van der Waals surface area contributed by atoms with Gasteiger partial charge < -0.3 is 19.6 Å². The highest BCUT2D eigenvalue weighted by atomic mass is 16.5. The molecule has 2 aliphatic carbocycles. The van der Waals surface area contributed by atoms with Gasteiger partial charge in [0, 0.05) is 42.2 Å². The highest BCUT2D eigenvalue weighted by molar-refractivity contribution is 5.94. The van der Waals surface area contributed by atoms with Crippen molar-refractivity contribution in [2.45, 2.75) is 75.1 Å². The van der Waals surface area contributed by atoms with E-state index in [4.69, 9.17) is 4.74 Å². The van der Waals surface area contributed by atoms with Crippen LogP contribution in [0.4, 0.5) is 0 Å². The fourth-order valence-corrected chi connectivity index (χ4v) is 9.29. The zero-order valence-corrected chi connectivity index (χ0v) is 26.6. The molecule has 0 radical (unpaired) electrons. The molecule has 3 aromatic rings. The summed E-state index contributed by atoms with van der Waals surface area (Å²) in [7, 11) is 6.33. The maximum atomic E-state index is 13.6. The average molecular weight is 590 g/mol. The fraction of sp³-hybridized carbons (Fsp3) is 0.447. The molecule has 6 heteroatoms. The smallest absolute Gasteiger partial charge is 0.298 e. The van der Waals surface area contributed by atoms with Gasteiger partial charge in [0.15, 0.2) is 11.5 Å². The third-order valence-electron chi connectivity index (χ3n) is 11.5. The molecule has 4 aliphatic rings. The fourth-order valence-electron chi connectivity index (χ4n) is 9.29. The van der Waals surface area contributed by atoms with Crippen LogP contribution in [0.2, 0.25) is 0 Å². The first-order chi connectivity index (χ1) is 21.2. The van der Waals surface area contributed by atoms with Crippen LogP contribution < -0.4 is 4.74 Å². The number of aromatic hydroxyl groups is 1. The second kappa shape index (κ2) is 10.7. The summed E-state index contributed by atoms with van der Waals surface area (Å²) < 4.78 is 6.89. The Morgan fingerprint density at radius 3 is 2.59 bits per heavy atom. The number of hydrogen-bond donors (Lipinski definition) is 1. The van der Waals surface area contributed by atoms with Crippen LogP contribution in [-0.2, 0) is 23.1 Å². The number of likely N-dealkylation sites (tertiary alicyclic amines) is 1. The van der Waals surface area contributed by atoms with Gasteiger partial charge in [-0.25, -0.2) is 0 Å². The number of piperidine rings is 1. The van der Waals surface area contributed by atoms with E-state index in [-0.39, 0.29) is 34.8 Å². The van der Waals surface area contributed by atoms with E-state index in [0.717, 1.165) is 50.8 Å². The molecule has 1 spiro atoms. The Balaban J connectivity index is 1.26. The minimum absolute atomic E-state index is 0.154. The molecule has 3 aromatic carbocycles. The number of benzene rings is 3. The zero-order valence-electron chi connectivity index (χ0n) is 26.6. The molecule has 2 aliphatic heterocycles. The van der Waals surface area contributed by atoms with Gasteiger partial charge in [-0.2, -0.15) is 0 Å². The Morgan fingerprint density at radius 2 is 1.84 bits per heavy atom. The SMILES string of the molecule is Cc1ccc(C#CC(=O)N(C)[C@@H]2CC[C@@]3(N(C)C)[C@H]4Cc5ccc(O)c6c5[C@@]3(CCN4CCc3ccccc3)[C@H]2O6)cc1C. The van der Waals surface area contributed by atoms with Crippen LogP contribution in [-0.4, -0.2) is 83.7 Å². The van der Waals surface area contributed by atoms with Gasteiger partial charge in [-0.1, -0.05) is 48.4 Å². The maximum Gasteiger partial charge on any atom is 0.298 e. The molecule has 1 saturated heterocycles. The van der Waals surface area contributed by atoms with E-state index in [1.807, 2.05) is 30.1 Å². The van der Waals surface area contributed by atoms with Crippen molar-refractivity contribution in [3.05, 3.63) is 94.0 Å². The molecule has 1 N–H and O–H groups in total. The first-order valence-corrected chi connectivity index (χ1v) is 16.0. The Bertz CT molecular complexity index is 1670. The number of hydrogen-bond acceptors (Lipinski definition) is 5. The lowest BCUT2D eigenvalue weighted by Gasteiger charge is -2.69. The Hall–Kier alpha value is -3.79. The lowest BCUT2D eigenvalue weighted by Crippen LogP contribution is -2.82. The Kier molecular flexibility index (Phi) is 7.03. The summed E-state index contributed by atoms with van der Waals surface area (Å²) in [5.41, 5.74) is 6.51. The number of likely N-dealkylation sites (N-methyl/N-ethyl adjacent to an activating group) is 2. The highest BCUT2D eigenvalue weighted by Gasteiger charge is 2.74. The predicted molar refractivity (Wildman–Crippen MR) is 173 cm³/mol. The van der Waals surface area contributed by atoms with E-state index in [2.05, 4.69) is 86.0 Å². The molecular weight excluding hydrogens is 546 g/mol. The van der Waals surface area contributed by atoms with E-state index < -0.39 is 0 Å². The summed E-state index contributed by atoms with van der Waals surface area (Å²) in [6, 6.07) is 20.9. The van der Waals surface area contributed by atoms with Crippen molar-refractivity contribution in [1.29, 1.82) is 0 Å². The minimum atomic E-state index is -0.342. The molecule has 5 atom stereocenters. The molecule has 1 amide bonds. The summed E-state index contributed by atoms with van der Waals surface area (Å²) in [6.45, 7) is 6.10. The van der Waals surface area contributed by atoms with Gasteiger partial charge in [0.2, 0.25) is 0 Å². The van der Waals surface area contributed by atoms with Gasteiger partial charge in [0.05, 0.1) is 11.5 Å². The number of carbonyl (C=O) groups excluding carboxylic acids is 1. The van der Waals surface area contributed by atoms with Crippen molar-refractivity contribution in [3.8, 4) is 23.3 Å². The van der Waals surface area contributed by atoms with Crippen molar-refractivity contribution in [2.75, 3.05) is 34.2 Å². The van der Waals surface area contributed by atoms with Crippen molar-refractivity contribution >= 4 is 5.91 Å². The molecule has 6 nitrogen and oxygen atoms in total. The third-order valence-corrected chi connectivity index (χ3v) is 11.5. The van der Waals surface area contributed by atoms with Crippen LogP contribution in [0.15, 0.2) is 60.7 Å². The average Bonchev–Trinajstić information content (AvgIpc) is 3.37. The van der Waals surface area contributed by atoms with Gasteiger partial charge in [0.1, 0.15) is 6.10 Å². The predicted octanol–water partition coefficient (Wildman–Crippen LogP) is 4.85. The lowest BCUT2D eigenvalue weighted by atomic mass is 9.46. The standard InChI is InChI=1S/C38H43N3O3/c1-25-11-12-28(23-26(25)2)13-16-33(43)40(5)30-17-19-38(39(3)4)32-24-29-14-15-31(42)35-34(29)37(38,36(30)44-35)20-22-41(32)21-18-27-9-7-6-8-10-27/h6-12,14-15,23,30,32,36,42H,17-22,24H2,1-5H3/t30-,32-,36+,37+,38-/m1/s1. The molecule has 44 heavy (non-hydrogen) atoms. The second-order valence-electron chi connectivity index (χ2n) is 13.6. The van der Waals surface area contributed by atoms with Gasteiger partial charge in [-0.05, 0) is 107 Å². The number of phenolic OH excluding ortho intramolecular Hbond substituents is 1. The van der Waals surface area contributed by atoms with Crippen molar-refractivity contribution in [2.24, 2.45) is 0 Å². The van der Waals surface area contributed by atoms with Crippen LogP contribution in [0.25, 0.3) is 0 Å². The lowest BCUT2D eigenvalue weighted by molar-refractivity contribution is -0.159.